The Balaban J connectivity index is 1.63. The molecule has 0 aromatic heterocycles. The number of hydrogen-bond donors (Lipinski definition) is 0. The molecule has 0 amide bonds. The molecule has 1 saturated carbocycles. The molecule has 0 heterocycles. The van der Waals surface area contributed by atoms with E-state index >= 15 is 0 Å². The molecule has 0 radical (unpaired) electrons. The molecule has 19 heavy (non-hydrogen) atoms. The molecule has 0 unspecified atom stereocenters. The van der Waals surface area contributed by atoms with Crippen LogP contribution in [0.5, 0.6) is 5.75 Å². The second kappa shape index (κ2) is 5.56. The van der Waals surface area contributed by atoms with Gasteiger partial charge in [-0.25, -0.2) is 0 Å². The lowest BCUT2D eigenvalue weighted by atomic mass is 9.76. The van der Waals surface area contributed by atoms with Gasteiger partial charge in [0.15, 0.2) is 0 Å². The fourth-order valence-corrected chi connectivity index (χ4v) is 3.61. The Kier molecular flexibility index (Phi) is 3.81. The highest BCUT2D eigenvalue weighted by atomic mass is 16.5. The van der Waals surface area contributed by atoms with Gasteiger partial charge in [0.25, 0.3) is 0 Å². The summed E-state index contributed by atoms with van der Waals surface area (Å²) in [6, 6.07) is 6.75. The largest absolute Gasteiger partial charge is 0.493 e. The molecule has 2 aliphatic rings. The lowest BCUT2D eigenvalue weighted by Gasteiger charge is -2.33. The third kappa shape index (κ3) is 3.13. The molecule has 2 aliphatic carbocycles. The first-order chi connectivity index (χ1) is 9.25. The van der Waals surface area contributed by atoms with Crippen molar-refractivity contribution in [1.82, 2.24) is 0 Å². The smallest absolute Gasteiger partial charge is 0.119 e. The minimum absolute atomic E-state index is 0.411. The lowest BCUT2D eigenvalue weighted by molar-refractivity contribution is 0.116. The van der Waals surface area contributed by atoms with E-state index in [-0.39, 0.29) is 0 Å². The fourth-order valence-electron chi connectivity index (χ4n) is 3.61. The monoisotopic (exact) mass is 258 g/mol. The van der Waals surface area contributed by atoms with E-state index in [1.54, 1.807) is 5.56 Å². The van der Waals surface area contributed by atoms with Gasteiger partial charge in [0, 0.05) is 5.41 Å². The normalized spacial score (nSPS) is 21.7. The van der Waals surface area contributed by atoms with Crippen LogP contribution in [0.3, 0.4) is 0 Å². The van der Waals surface area contributed by atoms with Gasteiger partial charge in [-0.1, -0.05) is 32.3 Å². The van der Waals surface area contributed by atoms with Crippen LogP contribution >= 0.6 is 0 Å². The standard InChI is InChI=1S/C18H26O/c1-18(11-5-2-6-12-18)14-19-17-10-9-15-7-3-4-8-16(15)13-17/h9-10,13H,2-8,11-12,14H2,1H3. The van der Waals surface area contributed by atoms with Gasteiger partial charge in [0.05, 0.1) is 6.61 Å². The molecule has 1 aromatic rings. The van der Waals surface area contributed by atoms with Crippen LogP contribution in [0, 0.1) is 5.41 Å². The quantitative estimate of drug-likeness (QED) is 0.748. The van der Waals surface area contributed by atoms with E-state index in [1.165, 1.54) is 63.4 Å². The van der Waals surface area contributed by atoms with Crippen LogP contribution in [0.1, 0.15) is 63.0 Å². The van der Waals surface area contributed by atoms with E-state index in [4.69, 9.17) is 4.74 Å². The van der Waals surface area contributed by atoms with Gasteiger partial charge in [-0.15, -0.1) is 0 Å². The van der Waals surface area contributed by atoms with Gasteiger partial charge in [0.2, 0.25) is 0 Å². The Morgan fingerprint density at radius 1 is 0.947 bits per heavy atom. The Morgan fingerprint density at radius 3 is 2.47 bits per heavy atom. The summed E-state index contributed by atoms with van der Waals surface area (Å²) in [5.74, 6) is 1.09. The van der Waals surface area contributed by atoms with Crippen LogP contribution in [0.25, 0.3) is 0 Å². The SMILES string of the molecule is CC1(COc2ccc3c(c2)CCCC3)CCCCC1. The average Bonchev–Trinajstić information content (AvgIpc) is 2.46. The summed E-state index contributed by atoms with van der Waals surface area (Å²) < 4.78 is 6.11. The summed E-state index contributed by atoms with van der Waals surface area (Å²) in [6.07, 6.45) is 12.0. The van der Waals surface area contributed by atoms with E-state index < -0.39 is 0 Å². The summed E-state index contributed by atoms with van der Waals surface area (Å²) in [5, 5.41) is 0. The maximum atomic E-state index is 6.11. The molecular weight excluding hydrogens is 232 g/mol. The van der Waals surface area contributed by atoms with Crippen molar-refractivity contribution >= 4 is 0 Å². The zero-order chi connectivity index (χ0) is 13.1. The average molecular weight is 258 g/mol. The van der Waals surface area contributed by atoms with Gasteiger partial charge >= 0.3 is 0 Å². The zero-order valence-corrected chi connectivity index (χ0v) is 12.2. The van der Waals surface area contributed by atoms with Gasteiger partial charge in [-0.05, 0) is 61.8 Å². The topological polar surface area (TPSA) is 9.23 Å². The van der Waals surface area contributed by atoms with Crippen molar-refractivity contribution in [2.75, 3.05) is 6.61 Å². The first kappa shape index (κ1) is 13.0. The highest BCUT2D eigenvalue weighted by Crippen LogP contribution is 2.36. The van der Waals surface area contributed by atoms with Crippen LogP contribution in [0.15, 0.2) is 18.2 Å². The van der Waals surface area contributed by atoms with Crippen LogP contribution < -0.4 is 4.74 Å². The molecule has 0 N–H and O–H groups in total. The first-order valence-electron chi connectivity index (χ1n) is 8.00. The molecule has 0 bridgehead atoms. The summed E-state index contributed by atoms with van der Waals surface area (Å²) in [6.45, 7) is 3.29. The number of rotatable bonds is 3. The number of fused-ring (bicyclic) bond motifs is 1. The Bertz CT molecular complexity index is 429. The molecule has 0 saturated heterocycles. The number of benzene rings is 1. The molecule has 1 fully saturated rings. The van der Waals surface area contributed by atoms with E-state index in [1.807, 2.05) is 0 Å². The molecule has 1 aromatic carbocycles. The molecule has 1 heteroatoms. The molecule has 0 aliphatic heterocycles. The summed E-state index contributed by atoms with van der Waals surface area (Å²) in [4.78, 5) is 0. The molecule has 0 spiro atoms. The second-order valence-corrected chi connectivity index (χ2v) is 6.80. The third-order valence-corrected chi connectivity index (χ3v) is 4.97. The summed E-state index contributed by atoms with van der Waals surface area (Å²) >= 11 is 0. The van der Waals surface area contributed by atoms with Crippen LogP contribution in [0.2, 0.25) is 0 Å². The van der Waals surface area contributed by atoms with Crippen molar-refractivity contribution in [3.05, 3.63) is 29.3 Å². The van der Waals surface area contributed by atoms with Gasteiger partial charge in [-0.3, -0.25) is 0 Å². The number of ether oxygens (including phenoxy) is 1. The van der Waals surface area contributed by atoms with E-state index in [9.17, 15) is 0 Å². The highest BCUT2D eigenvalue weighted by Gasteiger charge is 2.27. The Labute approximate surface area is 117 Å². The van der Waals surface area contributed by atoms with Crippen molar-refractivity contribution in [3.63, 3.8) is 0 Å². The molecular formula is C18H26O. The minimum Gasteiger partial charge on any atom is -0.493 e. The van der Waals surface area contributed by atoms with E-state index in [0.29, 0.717) is 5.41 Å². The zero-order valence-electron chi connectivity index (χ0n) is 12.2. The fraction of sp³-hybridized carbons (Fsp3) is 0.667. The summed E-state index contributed by atoms with van der Waals surface area (Å²) in [7, 11) is 0. The Hall–Kier alpha value is -0.980. The maximum Gasteiger partial charge on any atom is 0.119 e. The second-order valence-electron chi connectivity index (χ2n) is 6.80. The highest BCUT2D eigenvalue weighted by molar-refractivity contribution is 5.37. The van der Waals surface area contributed by atoms with E-state index in [2.05, 4.69) is 25.1 Å². The summed E-state index contributed by atoms with van der Waals surface area (Å²) in [5.41, 5.74) is 3.48. The lowest BCUT2D eigenvalue weighted by Crippen LogP contribution is -2.27. The minimum atomic E-state index is 0.411. The molecule has 104 valence electrons. The van der Waals surface area contributed by atoms with Crippen molar-refractivity contribution < 1.29 is 4.74 Å². The van der Waals surface area contributed by atoms with Crippen LogP contribution in [0.4, 0.5) is 0 Å². The third-order valence-electron chi connectivity index (χ3n) is 4.97. The van der Waals surface area contributed by atoms with Crippen molar-refractivity contribution in [1.29, 1.82) is 0 Å². The van der Waals surface area contributed by atoms with E-state index in [0.717, 1.165) is 12.4 Å². The van der Waals surface area contributed by atoms with Gasteiger partial charge in [0.1, 0.15) is 5.75 Å². The van der Waals surface area contributed by atoms with Crippen LogP contribution in [-0.2, 0) is 12.8 Å². The van der Waals surface area contributed by atoms with Crippen molar-refractivity contribution in [2.24, 2.45) is 5.41 Å². The predicted molar refractivity (Wildman–Crippen MR) is 79.8 cm³/mol. The van der Waals surface area contributed by atoms with Crippen molar-refractivity contribution in [2.45, 2.75) is 64.7 Å². The number of hydrogen-bond acceptors (Lipinski definition) is 1. The Morgan fingerprint density at radius 2 is 1.68 bits per heavy atom. The first-order valence-corrected chi connectivity index (χ1v) is 8.00. The van der Waals surface area contributed by atoms with Gasteiger partial charge in [-0.2, -0.15) is 0 Å². The number of aryl methyl sites for hydroxylation is 2. The van der Waals surface area contributed by atoms with Crippen molar-refractivity contribution in [3.8, 4) is 5.75 Å². The van der Waals surface area contributed by atoms with Gasteiger partial charge < -0.3 is 4.74 Å². The predicted octanol–water partition coefficient (Wildman–Crippen LogP) is 4.91. The molecule has 0 atom stereocenters. The molecule has 3 rings (SSSR count). The maximum absolute atomic E-state index is 6.11. The molecule has 1 nitrogen and oxygen atoms in total. The van der Waals surface area contributed by atoms with Crippen LogP contribution in [-0.4, -0.2) is 6.61 Å².